The van der Waals surface area contributed by atoms with Crippen LogP contribution in [-0.4, -0.2) is 38.9 Å². The molecule has 0 atom stereocenters. The summed E-state index contributed by atoms with van der Waals surface area (Å²) in [6.07, 6.45) is 1.27. The number of benzene rings is 1. The third-order valence-corrected chi connectivity index (χ3v) is 6.28. The Hall–Kier alpha value is -3.42. The lowest BCUT2D eigenvalue weighted by Gasteiger charge is -2.10. The van der Waals surface area contributed by atoms with E-state index in [1.54, 1.807) is 29.6 Å². The molecule has 0 fully saturated rings. The first kappa shape index (κ1) is 23.7. The van der Waals surface area contributed by atoms with Crippen molar-refractivity contribution in [2.24, 2.45) is 19.1 Å². The van der Waals surface area contributed by atoms with Crippen molar-refractivity contribution < 1.29 is 23.7 Å². The van der Waals surface area contributed by atoms with Gasteiger partial charge in [-0.1, -0.05) is 30.3 Å². The van der Waals surface area contributed by atoms with Gasteiger partial charge in [0.1, 0.15) is 13.3 Å². The maximum absolute atomic E-state index is 12.8. The number of fused-ring (bicyclic) bond motifs is 1. The fraction of sp³-hybridized carbons (Fsp3) is 0.211. The maximum Gasteiger partial charge on any atom is 0.471 e. The zero-order chi connectivity index (χ0) is 24.6. The summed E-state index contributed by atoms with van der Waals surface area (Å²) >= 11 is 1.08. The largest absolute Gasteiger partial charge is 0.471 e. The SMILES string of the molecule is Cn1c(=O)c2c(ncn2CC(=O)/N=c2\scc(-c3ccccc3)n2COP(=O)(O)O)n(C)c1=O. The van der Waals surface area contributed by atoms with Crippen molar-refractivity contribution >= 4 is 36.2 Å². The van der Waals surface area contributed by atoms with Crippen molar-refractivity contribution in [2.45, 2.75) is 13.3 Å². The molecule has 0 bridgehead atoms. The Morgan fingerprint density at radius 2 is 1.88 bits per heavy atom. The summed E-state index contributed by atoms with van der Waals surface area (Å²) in [6.45, 7) is -0.886. The molecule has 178 valence electrons. The zero-order valence-electron chi connectivity index (χ0n) is 17.9. The normalized spacial score (nSPS) is 12.5. The van der Waals surface area contributed by atoms with Crippen LogP contribution in [0.2, 0.25) is 0 Å². The van der Waals surface area contributed by atoms with Gasteiger partial charge in [0.15, 0.2) is 16.0 Å². The van der Waals surface area contributed by atoms with Crippen LogP contribution in [0.15, 0.2) is 56.6 Å². The minimum Gasteiger partial charge on any atom is -0.315 e. The highest BCUT2D eigenvalue weighted by Gasteiger charge is 2.18. The van der Waals surface area contributed by atoms with Gasteiger partial charge in [-0.15, -0.1) is 11.3 Å². The number of carbonyl (C=O) groups is 1. The fourth-order valence-corrected chi connectivity index (χ4v) is 4.50. The predicted molar refractivity (Wildman–Crippen MR) is 122 cm³/mol. The molecule has 3 aromatic heterocycles. The Bertz CT molecular complexity index is 1620. The van der Waals surface area contributed by atoms with Gasteiger partial charge in [0, 0.05) is 19.5 Å². The van der Waals surface area contributed by atoms with Crippen molar-refractivity contribution in [1.29, 1.82) is 0 Å². The molecule has 15 heteroatoms. The first-order chi connectivity index (χ1) is 16.1. The Labute approximate surface area is 194 Å². The molecule has 0 radical (unpaired) electrons. The highest BCUT2D eigenvalue weighted by Crippen LogP contribution is 2.36. The summed E-state index contributed by atoms with van der Waals surface area (Å²) in [4.78, 5) is 64.0. The number of nitrogens with zero attached hydrogens (tertiary/aromatic N) is 6. The van der Waals surface area contributed by atoms with Crippen LogP contribution in [0.1, 0.15) is 0 Å². The van der Waals surface area contributed by atoms with Gasteiger partial charge in [-0.25, -0.2) is 14.3 Å². The van der Waals surface area contributed by atoms with Crippen LogP contribution in [0.3, 0.4) is 0 Å². The molecule has 0 saturated heterocycles. The first-order valence-electron chi connectivity index (χ1n) is 9.69. The molecule has 0 saturated carbocycles. The number of thiazole rings is 1. The van der Waals surface area contributed by atoms with Gasteiger partial charge < -0.3 is 14.4 Å². The molecule has 34 heavy (non-hydrogen) atoms. The van der Waals surface area contributed by atoms with Crippen molar-refractivity contribution in [2.75, 3.05) is 0 Å². The zero-order valence-corrected chi connectivity index (χ0v) is 19.6. The average Bonchev–Trinajstić information content (AvgIpc) is 3.39. The molecule has 0 spiro atoms. The molecule has 0 aliphatic rings. The minimum absolute atomic E-state index is 0.0713. The molecular formula is C19H19N6O7PS. The lowest BCUT2D eigenvalue weighted by atomic mass is 10.2. The van der Waals surface area contributed by atoms with E-state index in [-0.39, 0.29) is 22.5 Å². The number of carbonyl (C=O) groups excluding carboxylic acids is 1. The molecule has 0 aliphatic heterocycles. The van der Waals surface area contributed by atoms with Crippen LogP contribution in [0, 0.1) is 0 Å². The summed E-state index contributed by atoms with van der Waals surface area (Å²) in [5, 5.41) is 1.68. The molecule has 0 aliphatic carbocycles. The molecule has 1 aromatic carbocycles. The Morgan fingerprint density at radius 3 is 2.56 bits per heavy atom. The molecule has 0 unspecified atom stereocenters. The Morgan fingerprint density at radius 1 is 1.18 bits per heavy atom. The Balaban J connectivity index is 1.74. The molecule has 4 aromatic rings. The van der Waals surface area contributed by atoms with Gasteiger partial charge in [-0.05, 0) is 5.56 Å². The molecule has 1 amide bonds. The quantitative estimate of drug-likeness (QED) is 0.349. The molecule has 13 nitrogen and oxygen atoms in total. The number of amides is 1. The third-order valence-electron chi connectivity index (χ3n) is 4.97. The van der Waals surface area contributed by atoms with Gasteiger partial charge in [-0.3, -0.25) is 27.8 Å². The van der Waals surface area contributed by atoms with Crippen molar-refractivity contribution in [3.05, 3.63) is 67.7 Å². The number of rotatable bonds is 6. The summed E-state index contributed by atoms with van der Waals surface area (Å²) in [5.74, 6) is -0.651. The number of hydrogen-bond donors (Lipinski definition) is 2. The monoisotopic (exact) mass is 506 g/mol. The molecule has 4 rings (SSSR count). The van der Waals surface area contributed by atoms with E-state index in [1.165, 1.54) is 34.1 Å². The Kier molecular flexibility index (Phi) is 6.34. The van der Waals surface area contributed by atoms with Crippen LogP contribution in [0.4, 0.5) is 0 Å². The van der Waals surface area contributed by atoms with E-state index in [0.717, 1.165) is 21.5 Å². The predicted octanol–water partition coefficient (Wildman–Crippen LogP) is 0.158. The number of imidazole rings is 1. The van der Waals surface area contributed by atoms with Crippen molar-refractivity contribution in [3.63, 3.8) is 0 Å². The standard InChI is InChI=1S/C19H19N6O7PS/c1-22-16-15(17(27)23(2)19(22)28)24(10-20-16)8-14(26)21-18-25(11-32-33(29,30)31)13(9-34-18)12-6-4-3-5-7-12/h3-7,9-10H,8,11H2,1-2H3,(H2,29,30,31)/b21-18-. The maximum atomic E-state index is 12.8. The summed E-state index contributed by atoms with van der Waals surface area (Å²) < 4.78 is 20.7. The van der Waals surface area contributed by atoms with E-state index in [1.807, 2.05) is 6.07 Å². The van der Waals surface area contributed by atoms with E-state index in [9.17, 15) is 18.9 Å². The summed E-state index contributed by atoms with van der Waals surface area (Å²) in [5.41, 5.74) is 0.331. The van der Waals surface area contributed by atoms with Gasteiger partial charge in [0.05, 0.1) is 12.0 Å². The molecule has 2 N–H and O–H groups in total. The number of phosphoric ester groups is 1. The second kappa shape index (κ2) is 9.08. The van der Waals surface area contributed by atoms with Crippen LogP contribution in [0.5, 0.6) is 0 Å². The topological polar surface area (TPSA) is 163 Å². The van der Waals surface area contributed by atoms with Gasteiger partial charge >= 0.3 is 13.5 Å². The highest BCUT2D eigenvalue weighted by molar-refractivity contribution is 7.46. The van der Waals surface area contributed by atoms with Crippen LogP contribution >= 0.6 is 19.2 Å². The lowest BCUT2D eigenvalue weighted by molar-refractivity contribution is -0.118. The summed E-state index contributed by atoms with van der Waals surface area (Å²) in [6, 6.07) is 8.98. The average molecular weight is 506 g/mol. The van der Waals surface area contributed by atoms with Crippen LogP contribution < -0.4 is 16.1 Å². The summed E-state index contributed by atoms with van der Waals surface area (Å²) in [7, 11) is -1.99. The third kappa shape index (κ3) is 4.62. The van der Waals surface area contributed by atoms with E-state index >= 15 is 0 Å². The smallest absolute Gasteiger partial charge is 0.315 e. The van der Waals surface area contributed by atoms with E-state index in [0.29, 0.717) is 5.69 Å². The second-order valence-electron chi connectivity index (χ2n) is 7.20. The number of aromatic nitrogens is 5. The number of phosphoric acid groups is 1. The first-order valence-corrected chi connectivity index (χ1v) is 12.1. The van der Waals surface area contributed by atoms with Gasteiger partial charge in [0.25, 0.3) is 11.5 Å². The van der Waals surface area contributed by atoms with Crippen LogP contribution in [-0.2, 0) is 41.3 Å². The van der Waals surface area contributed by atoms with Crippen molar-refractivity contribution in [1.82, 2.24) is 23.3 Å². The number of aryl methyl sites for hydroxylation is 1. The molecule has 3 heterocycles. The second-order valence-corrected chi connectivity index (χ2v) is 9.28. The van der Waals surface area contributed by atoms with Crippen LogP contribution in [0.25, 0.3) is 22.4 Å². The van der Waals surface area contributed by atoms with E-state index in [4.69, 9.17) is 9.79 Å². The van der Waals surface area contributed by atoms with Gasteiger partial charge in [0.2, 0.25) is 0 Å². The highest BCUT2D eigenvalue weighted by atomic mass is 32.1. The minimum atomic E-state index is -4.79. The van der Waals surface area contributed by atoms with Gasteiger partial charge in [-0.2, -0.15) is 4.99 Å². The van der Waals surface area contributed by atoms with E-state index < -0.39 is 31.7 Å². The fourth-order valence-electron chi connectivity index (χ4n) is 3.32. The lowest BCUT2D eigenvalue weighted by Crippen LogP contribution is -2.37. The number of hydrogen-bond acceptors (Lipinski definition) is 7. The molecular weight excluding hydrogens is 487 g/mol. The van der Waals surface area contributed by atoms with Crippen molar-refractivity contribution in [3.8, 4) is 11.3 Å². The van der Waals surface area contributed by atoms with E-state index in [2.05, 4.69) is 14.5 Å².